The molecule has 4 heteroatoms. The van der Waals surface area contributed by atoms with Crippen molar-refractivity contribution in [2.75, 3.05) is 0 Å². The summed E-state index contributed by atoms with van der Waals surface area (Å²) in [5.41, 5.74) is 0.730. The van der Waals surface area contributed by atoms with Crippen molar-refractivity contribution in [1.82, 2.24) is 0 Å². The Morgan fingerprint density at radius 3 is 1.83 bits per heavy atom. The van der Waals surface area contributed by atoms with Gasteiger partial charge < -0.3 is 5.11 Å². The average molecular weight is 250 g/mol. The maximum atomic E-state index is 12.1. The Morgan fingerprint density at radius 2 is 1.28 bits per heavy atom. The summed E-state index contributed by atoms with van der Waals surface area (Å²) in [6.07, 6.45) is 0. The van der Waals surface area contributed by atoms with Crippen molar-refractivity contribution in [1.29, 1.82) is 0 Å². The van der Waals surface area contributed by atoms with Crippen LogP contribution in [-0.2, 0) is 0 Å². The van der Waals surface area contributed by atoms with Gasteiger partial charge in [-0.3, -0.25) is 4.79 Å². The first kappa shape index (κ1) is 14.6. The zero-order valence-corrected chi connectivity index (χ0v) is 8.96. The molecule has 2 rings (SSSR count). The van der Waals surface area contributed by atoms with Crippen molar-refractivity contribution < 1.29 is 14.7 Å². The zero-order chi connectivity index (χ0) is 12.3. The number of rotatable bonds is 3. The molecule has 0 aliphatic carbocycles. The summed E-state index contributed by atoms with van der Waals surface area (Å²) < 4.78 is 0. The van der Waals surface area contributed by atoms with Crippen LogP contribution >= 0.6 is 0 Å². The van der Waals surface area contributed by atoms with Gasteiger partial charge in [0.2, 0.25) is 0 Å². The Morgan fingerprint density at radius 1 is 0.778 bits per heavy atom. The van der Waals surface area contributed by atoms with Crippen LogP contribution in [0.2, 0.25) is 0 Å². The number of carbonyl (C=O) groups is 2. The molecule has 0 amide bonds. The molecule has 0 saturated carbocycles. The number of carbonyl (C=O) groups excluding carboxylic acids is 1. The fourth-order valence-electron chi connectivity index (χ4n) is 1.61. The molecule has 0 spiro atoms. The van der Waals surface area contributed by atoms with E-state index >= 15 is 0 Å². The molecule has 18 heavy (non-hydrogen) atoms. The summed E-state index contributed by atoms with van der Waals surface area (Å²) in [4.78, 5) is 23.1. The standard InChI is InChI=1S/C14H10O3.Na.H/c15-13(10-6-2-1-3-7-10)11-8-4-5-9-12(11)14(16)17;;/h1-9H,(H,16,17);;. The second-order valence-corrected chi connectivity index (χ2v) is 3.55. The van der Waals surface area contributed by atoms with E-state index in [-0.39, 0.29) is 46.5 Å². The van der Waals surface area contributed by atoms with Gasteiger partial charge in [-0.15, -0.1) is 0 Å². The molecule has 2 aromatic rings. The van der Waals surface area contributed by atoms with Crippen LogP contribution in [0.3, 0.4) is 0 Å². The van der Waals surface area contributed by atoms with Gasteiger partial charge in [0.15, 0.2) is 5.78 Å². The molecule has 0 aliphatic heterocycles. The zero-order valence-electron chi connectivity index (χ0n) is 8.96. The fraction of sp³-hybridized carbons (Fsp3) is 0. The Kier molecular flexibility index (Phi) is 5.28. The molecule has 0 bridgehead atoms. The topological polar surface area (TPSA) is 54.4 Å². The number of hydrogen-bond donors (Lipinski definition) is 1. The molecule has 0 atom stereocenters. The van der Waals surface area contributed by atoms with Gasteiger partial charge in [0, 0.05) is 11.1 Å². The predicted molar refractivity (Wildman–Crippen MR) is 70.4 cm³/mol. The quantitative estimate of drug-likeness (QED) is 0.669. The van der Waals surface area contributed by atoms with Gasteiger partial charge in [-0.05, 0) is 6.07 Å². The monoisotopic (exact) mass is 250 g/mol. The van der Waals surface area contributed by atoms with E-state index in [1.54, 1.807) is 42.5 Å². The molecule has 0 aromatic heterocycles. The van der Waals surface area contributed by atoms with Crippen molar-refractivity contribution in [3.8, 4) is 0 Å². The summed E-state index contributed by atoms with van der Waals surface area (Å²) in [6, 6.07) is 14.8. The van der Waals surface area contributed by atoms with E-state index in [9.17, 15) is 9.59 Å². The molecule has 0 fully saturated rings. The number of benzene rings is 2. The second-order valence-electron chi connectivity index (χ2n) is 3.55. The maximum absolute atomic E-state index is 12.1. The van der Waals surface area contributed by atoms with Crippen LogP contribution in [0.4, 0.5) is 0 Å². The van der Waals surface area contributed by atoms with E-state index in [2.05, 4.69) is 0 Å². The van der Waals surface area contributed by atoms with E-state index in [0.717, 1.165) is 0 Å². The van der Waals surface area contributed by atoms with Gasteiger partial charge in [0.25, 0.3) is 0 Å². The number of carboxylic acids is 1. The molecule has 0 saturated heterocycles. The first-order valence-electron chi connectivity index (χ1n) is 5.12. The average Bonchev–Trinajstić information content (AvgIpc) is 2.39. The Bertz CT molecular complexity index is 564. The van der Waals surface area contributed by atoms with E-state index in [0.29, 0.717) is 5.56 Å². The minimum atomic E-state index is -1.09. The third-order valence-electron chi connectivity index (χ3n) is 2.44. The van der Waals surface area contributed by atoms with Crippen molar-refractivity contribution in [3.05, 3.63) is 71.3 Å². The second kappa shape index (κ2) is 6.50. The van der Waals surface area contributed by atoms with Gasteiger partial charge in [-0.25, -0.2) is 4.79 Å². The molecule has 1 N–H and O–H groups in total. The number of aromatic carboxylic acids is 1. The Balaban J connectivity index is 0.00000162. The molecule has 0 unspecified atom stereocenters. The predicted octanol–water partition coefficient (Wildman–Crippen LogP) is 1.97. The molecule has 3 nitrogen and oxygen atoms in total. The van der Waals surface area contributed by atoms with Crippen LogP contribution in [0.5, 0.6) is 0 Å². The summed E-state index contributed by atoms with van der Waals surface area (Å²) in [7, 11) is 0. The summed E-state index contributed by atoms with van der Waals surface area (Å²) >= 11 is 0. The van der Waals surface area contributed by atoms with Crippen LogP contribution in [0.1, 0.15) is 26.3 Å². The normalized spacial score (nSPS) is 9.33. The molecule has 0 heterocycles. The number of carboxylic acid groups (broad SMARTS) is 1. The van der Waals surface area contributed by atoms with Crippen LogP contribution in [0, 0.1) is 0 Å². The molecular weight excluding hydrogens is 239 g/mol. The van der Waals surface area contributed by atoms with Crippen LogP contribution < -0.4 is 0 Å². The van der Waals surface area contributed by atoms with Gasteiger partial charge in [0.1, 0.15) is 0 Å². The van der Waals surface area contributed by atoms with Crippen LogP contribution in [-0.4, -0.2) is 46.4 Å². The van der Waals surface area contributed by atoms with Crippen molar-refractivity contribution >= 4 is 41.3 Å². The minimum absolute atomic E-state index is 0. The van der Waals surface area contributed by atoms with Gasteiger partial charge in [0.05, 0.1) is 5.56 Å². The van der Waals surface area contributed by atoms with Gasteiger partial charge >= 0.3 is 35.5 Å². The van der Waals surface area contributed by atoms with E-state index < -0.39 is 5.97 Å². The molecular formula is C14H11NaO3. The van der Waals surface area contributed by atoms with Crippen LogP contribution in [0.25, 0.3) is 0 Å². The van der Waals surface area contributed by atoms with Crippen molar-refractivity contribution in [2.45, 2.75) is 0 Å². The first-order chi connectivity index (χ1) is 8.20. The van der Waals surface area contributed by atoms with Crippen molar-refractivity contribution in [2.24, 2.45) is 0 Å². The number of hydrogen-bond acceptors (Lipinski definition) is 2. The van der Waals surface area contributed by atoms with E-state index in [1.807, 2.05) is 0 Å². The Hall–Kier alpha value is -1.42. The Labute approximate surface area is 127 Å². The third-order valence-corrected chi connectivity index (χ3v) is 2.44. The summed E-state index contributed by atoms with van der Waals surface area (Å²) in [5, 5.41) is 9.01. The third kappa shape index (κ3) is 3.07. The van der Waals surface area contributed by atoms with Gasteiger partial charge in [-0.2, -0.15) is 0 Å². The van der Waals surface area contributed by atoms with Crippen LogP contribution in [0.15, 0.2) is 54.6 Å². The SMILES string of the molecule is O=C(O)c1ccccc1C(=O)c1ccccc1.[NaH]. The van der Waals surface area contributed by atoms with Crippen molar-refractivity contribution in [3.63, 3.8) is 0 Å². The summed E-state index contributed by atoms with van der Waals surface area (Å²) in [6.45, 7) is 0. The molecule has 0 radical (unpaired) electrons. The first-order valence-corrected chi connectivity index (χ1v) is 5.12. The number of ketones is 1. The van der Waals surface area contributed by atoms with E-state index in [4.69, 9.17) is 5.11 Å². The summed E-state index contributed by atoms with van der Waals surface area (Å²) in [5.74, 6) is -1.37. The van der Waals surface area contributed by atoms with Gasteiger partial charge in [-0.1, -0.05) is 48.5 Å². The molecule has 0 aliphatic rings. The molecule has 86 valence electrons. The fourth-order valence-corrected chi connectivity index (χ4v) is 1.61. The van der Waals surface area contributed by atoms with E-state index in [1.165, 1.54) is 12.1 Å². The molecule has 2 aromatic carbocycles.